The van der Waals surface area contributed by atoms with E-state index in [2.05, 4.69) is 10.6 Å². The van der Waals surface area contributed by atoms with Gasteiger partial charge in [0.25, 0.3) is 0 Å². The van der Waals surface area contributed by atoms with E-state index < -0.39 is 25.0 Å². The summed E-state index contributed by atoms with van der Waals surface area (Å²) in [6.45, 7) is 3.76. The Morgan fingerprint density at radius 1 is 1.06 bits per heavy atom. The van der Waals surface area contributed by atoms with Crippen molar-refractivity contribution in [1.82, 2.24) is 10.6 Å². The molecule has 9 heteroatoms. The van der Waals surface area contributed by atoms with Crippen LogP contribution >= 0.6 is 7.37 Å². The molecule has 4 N–H and O–H groups in total. The number of amides is 2. The number of nitrogens with two attached hydrogens (primary N) is 1. The Kier molecular flexibility index (Phi) is 10.8. The summed E-state index contributed by atoms with van der Waals surface area (Å²) in [5.41, 5.74) is 7.58. The molecule has 2 aromatic rings. The summed E-state index contributed by atoms with van der Waals surface area (Å²) in [7, 11) is 1.29. The molecule has 4 atom stereocenters. The van der Waals surface area contributed by atoms with Crippen molar-refractivity contribution in [1.29, 1.82) is 0 Å². The Morgan fingerprint density at radius 3 is 2.29 bits per heavy atom. The predicted octanol–water partition coefficient (Wildman–Crippen LogP) is 3.98. The van der Waals surface area contributed by atoms with Crippen LogP contribution in [0, 0.1) is 5.92 Å². The molecule has 0 spiro atoms. The second-order valence-corrected chi connectivity index (χ2v) is 11.6. The van der Waals surface area contributed by atoms with Gasteiger partial charge in [0.15, 0.2) is 0 Å². The maximum Gasteiger partial charge on any atom is 0.242 e. The van der Waals surface area contributed by atoms with Crippen LogP contribution in [-0.2, 0) is 31.3 Å². The fourth-order valence-electron chi connectivity index (χ4n) is 4.16. The molecule has 8 nitrogen and oxygen atoms in total. The number of rotatable bonds is 13. The maximum atomic E-state index is 13.9. The van der Waals surface area contributed by atoms with Crippen LogP contribution < -0.4 is 21.1 Å². The van der Waals surface area contributed by atoms with E-state index in [1.807, 2.05) is 37.3 Å². The van der Waals surface area contributed by atoms with E-state index in [1.54, 1.807) is 32.2 Å². The number of hydrogen-bond donors (Lipinski definition) is 3. The van der Waals surface area contributed by atoms with E-state index in [0.29, 0.717) is 30.7 Å². The Labute approximate surface area is 208 Å². The highest BCUT2D eigenvalue weighted by atomic mass is 31.2. The van der Waals surface area contributed by atoms with Crippen molar-refractivity contribution in [3.8, 4) is 5.75 Å². The SMILES string of the molecule is CCCC(C(=O)NC(Cc1ccc(OC)cc1)C(=O)NC)C(C)P(=O)(Cc1cccc(N)c1)OC. The van der Waals surface area contributed by atoms with Crippen molar-refractivity contribution >= 4 is 24.9 Å². The first kappa shape index (κ1) is 28.4. The number of carbonyl (C=O) groups is 2. The number of ether oxygens (including phenoxy) is 1. The number of benzene rings is 2. The summed E-state index contributed by atoms with van der Waals surface area (Å²) in [6.07, 6.45) is 1.72. The van der Waals surface area contributed by atoms with Gasteiger partial charge in [0.2, 0.25) is 19.2 Å². The molecule has 0 aliphatic heterocycles. The fraction of sp³-hybridized carbons (Fsp3) is 0.462. The average Bonchev–Trinajstić information content (AvgIpc) is 2.86. The molecule has 0 aromatic heterocycles. The summed E-state index contributed by atoms with van der Waals surface area (Å²) < 4.78 is 24.6. The van der Waals surface area contributed by atoms with Crippen LogP contribution in [-0.4, -0.2) is 44.8 Å². The van der Waals surface area contributed by atoms with E-state index in [1.165, 1.54) is 14.2 Å². The molecule has 192 valence electrons. The third-order valence-electron chi connectivity index (χ3n) is 6.28. The summed E-state index contributed by atoms with van der Waals surface area (Å²) in [5, 5.41) is 5.52. The zero-order valence-corrected chi connectivity index (χ0v) is 22.1. The lowest BCUT2D eigenvalue weighted by Gasteiger charge is -2.31. The van der Waals surface area contributed by atoms with E-state index in [9.17, 15) is 14.2 Å². The topological polar surface area (TPSA) is 120 Å². The molecule has 0 saturated heterocycles. The molecule has 2 rings (SSSR count). The Hall–Kier alpha value is -2.83. The maximum absolute atomic E-state index is 13.9. The molecule has 2 aromatic carbocycles. The van der Waals surface area contributed by atoms with Crippen LogP contribution in [0.4, 0.5) is 5.69 Å². The smallest absolute Gasteiger partial charge is 0.242 e. The lowest BCUT2D eigenvalue weighted by Crippen LogP contribution is -2.50. The monoisotopic (exact) mass is 503 g/mol. The van der Waals surface area contributed by atoms with Crippen LogP contribution in [0.25, 0.3) is 0 Å². The molecule has 0 saturated carbocycles. The molecule has 0 heterocycles. The van der Waals surface area contributed by atoms with Crippen molar-refractivity contribution in [3.63, 3.8) is 0 Å². The lowest BCUT2D eigenvalue weighted by molar-refractivity contribution is -0.131. The van der Waals surface area contributed by atoms with Crippen LogP contribution in [0.5, 0.6) is 5.75 Å². The van der Waals surface area contributed by atoms with Gasteiger partial charge in [-0.3, -0.25) is 14.2 Å². The van der Waals surface area contributed by atoms with Gasteiger partial charge in [-0.15, -0.1) is 0 Å². The largest absolute Gasteiger partial charge is 0.497 e. The second kappa shape index (κ2) is 13.3. The van der Waals surface area contributed by atoms with Gasteiger partial charge in [-0.2, -0.15) is 0 Å². The molecule has 4 unspecified atom stereocenters. The first-order chi connectivity index (χ1) is 16.7. The van der Waals surface area contributed by atoms with Gasteiger partial charge in [-0.05, 0) is 41.8 Å². The fourth-order valence-corrected chi connectivity index (χ4v) is 6.44. The average molecular weight is 504 g/mol. The van der Waals surface area contributed by atoms with Crippen molar-refractivity contribution in [2.24, 2.45) is 5.92 Å². The highest BCUT2D eigenvalue weighted by molar-refractivity contribution is 7.59. The number of nitrogens with one attached hydrogen (secondary N) is 2. The highest BCUT2D eigenvalue weighted by Crippen LogP contribution is 2.57. The van der Waals surface area contributed by atoms with Gasteiger partial charge < -0.3 is 25.6 Å². The molecular formula is C26H38N3O5P. The summed E-state index contributed by atoms with van der Waals surface area (Å²) in [4.78, 5) is 26.1. The second-order valence-electron chi connectivity index (χ2n) is 8.68. The van der Waals surface area contributed by atoms with Crippen molar-refractivity contribution in [3.05, 3.63) is 59.7 Å². The molecule has 2 amide bonds. The van der Waals surface area contributed by atoms with Crippen LogP contribution in [0.15, 0.2) is 48.5 Å². The van der Waals surface area contributed by atoms with Crippen molar-refractivity contribution in [2.75, 3.05) is 27.0 Å². The highest BCUT2D eigenvalue weighted by Gasteiger charge is 2.39. The van der Waals surface area contributed by atoms with E-state index in [-0.39, 0.29) is 18.0 Å². The van der Waals surface area contributed by atoms with Crippen LogP contribution in [0.1, 0.15) is 37.8 Å². The van der Waals surface area contributed by atoms with Gasteiger partial charge in [0, 0.05) is 37.8 Å². The summed E-state index contributed by atoms with van der Waals surface area (Å²) >= 11 is 0. The Bertz CT molecular complexity index is 1030. The molecular weight excluding hydrogens is 465 g/mol. The van der Waals surface area contributed by atoms with Gasteiger partial charge in [-0.25, -0.2) is 0 Å². The van der Waals surface area contributed by atoms with Gasteiger partial charge in [0.05, 0.1) is 13.3 Å². The van der Waals surface area contributed by atoms with E-state index >= 15 is 0 Å². The predicted molar refractivity (Wildman–Crippen MR) is 140 cm³/mol. The number of hydrogen-bond acceptors (Lipinski definition) is 6. The third kappa shape index (κ3) is 7.84. The van der Waals surface area contributed by atoms with Gasteiger partial charge >= 0.3 is 0 Å². The number of nitrogen functional groups attached to an aromatic ring is 1. The van der Waals surface area contributed by atoms with E-state index in [4.69, 9.17) is 15.0 Å². The Balaban J connectivity index is 2.24. The van der Waals surface area contributed by atoms with Crippen LogP contribution in [0.3, 0.4) is 0 Å². The Morgan fingerprint density at radius 2 is 1.74 bits per heavy atom. The number of anilines is 1. The zero-order valence-electron chi connectivity index (χ0n) is 21.2. The third-order valence-corrected chi connectivity index (χ3v) is 9.31. The molecule has 0 radical (unpaired) electrons. The van der Waals surface area contributed by atoms with Crippen molar-refractivity contribution in [2.45, 2.75) is 51.0 Å². The standard InChI is InChI=1S/C26H38N3O5P/c1-6-8-23(18(2)35(32,34-5)17-20-9-7-10-21(27)15-20)25(30)29-24(26(31)28-3)16-19-11-13-22(33-4)14-12-19/h7,9-15,18,23-24H,6,8,16-17,27H2,1-5H3,(H,28,31)(H,29,30). The first-order valence-corrected chi connectivity index (χ1v) is 13.7. The molecule has 35 heavy (non-hydrogen) atoms. The molecule has 0 fully saturated rings. The van der Waals surface area contributed by atoms with E-state index in [0.717, 1.165) is 11.1 Å². The molecule has 0 aliphatic rings. The number of methoxy groups -OCH3 is 1. The summed E-state index contributed by atoms with van der Waals surface area (Å²) in [6, 6.07) is 13.7. The number of carbonyl (C=O) groups excluding carboxylic acids is 2. The quantitative estimate of drug-likeness (QED) is 0.281. The minimum absolute atomic E-state index is 0.175. The number of likely N-dealkylation sites (N-methyl/N-ethyl adjacent to an activating group) is 1. The van der Waals surface area contributed by atoms with Crippen LogP contribution in [0.2, 0.25) is 0 Å². The minimum atomic E-state index is -3.25. The van der Waals surface area contributed by atoms with Crippen molar-refractivity contribution < 1.29 is 23.4 Å². The summed E-state index contributed by atoms with van der Waals surface area (Å²) in [5.74, 6) is -0.491. The normalized spacial score (nSPS) is 15.3. The van der Waals surface area contributed by atoms with Gasteiger partial charge in [0.1, 0.15) is 11.8 Å². The van der Waals surface area contributed by atoms with Gasteiger partial charge in [-0.1, -0.05) is 44.5 Å². The molecule has 0 bridgehead atoms. The molecule has 0 aliphatic carbocycles. The zero-order chi connectivity index (χ0) is 26.0. The minimum Gasteiger partial charge on any atom is -0.497 e. The first-order valence-electron chi connectivity index (χ1n) is 11.8. The lowest BCUT2D eigenvalue weighted by atomic mass is 9.97.